The maximum Gasteiger partial charge on any atom is 0.117 e. The van der Waals surface area contributed by atoms with Crippen LogP contribution in [-0.4, -0.2) is 21.0 Å². The lowest BCUT2D eigenvalue weighted by Gasteiger charge is -2.20. The summed E-state index contributed by atoms with van der Waals surface area (Å²) in [6.45, 7) is 1.32. The SMILES string of the molecule is Clc1ccccc1Cn1nc(CNC2CCCCCCC2)c(-c2ccccc2)n1. The molecule has 4 nitrogen and oxygen atoms in total. The lowest BCUT2D eigenvalue weighted by atomic mass is 9.96. The predicted octanol–water partition coefficient (Wildman–Crippen LogP) is 5.85. The van der Waals surface area contributed by atoms with Gasteiger partial charge in [0.2, 0.25) is 0 Å². The summed E-state index contributed by atoms with van der Waals surface area (Å²) in [5.41, 5.74) is 4.09. The van der Waals surface area contributed by atoms with Crippen molar-refractivity contribution in [2.75, 3.05) is 0 Å². The number of benzene rings is 2. The Bertz CT molecular complexity index is 898. The second-order valence-corrected chi connectivity index (χ2v) is 8.31. The van der Waals surface area contributed by atoms with Crippen LogP contribution in [-0.2, 0) is 13.1 Å². The molecule has 152 valence electrons. The van der Waals surface area contributed by atoms with E-state index in [2.05, 4.69) is 29.6 Å². The van der Waals surface area contributed by atoms with E-state index in [9.17, 15) is 0 Å². The van der Waals surface area contributed by atoms with Crippen LogP contribution in [0, 0.1) is 0 Å². The molecular formula is C24H29ClN4. The van der Waals surface area contributed by atoms with E-state index in [1.165, 1.54) is 44.9 Å². The maximum absolute atomic E-state index is 6.35. The second-order valence-electron chi connectivity index (χ2n) is 7.91. The summed E-state index contributed by atoms with van der Waals surface area (Å²) in [4.78, 5) is 1.78. The third-order valence-electron chi connectivity index (χ3n) is 5.71. The fourth-order valence-electron chi connectivity index (χ4n) is 4.07. The van der Waals surface area contributed by atoms with E-state index in [0.717, 1.165) is 34.1 Å². The standard InChI is InChI=1S/C24H29ClN4/c25-22-16-10-9-13-20(22)18-29-27-23(24(28-29)19-11-5-4-6-12-19)17-26-21-14-7-2-1-3-8-15-21/h4-6,9-13,16,21,26H,1-3,7-8,14-15,17-18H2. The number of hydrogen-bond acceptors (Lipinski definition) is 3. The van der Waals surface area contributed by atoms with Crippen molar-refractivity contribution in [1.29, 1.82) is 0 Å². The summed E-state index contributed by atoms with van der Waals surface area (Å²) < 4.78 is 0. The predicted molar refractivity (Wildman–Crippen MR) is 119 cm³/mol. The van der Waals surface area contributed by atoms with Gasteiger partial charge in [-0.2, -0.15) is 15.0 Å². The van der Waals surface area contributed by atoms with E-state index in [1.807, 2.05) is 30.3 Å². The van der Waals surface area contributed by atoms with Gasteiger partial charge in [-0.15, -0.1) is 0 Å². The van der Waals surface area contributed by atoms with Gasteiger partial charge < -0.3 is 5.32 Å². The number of hydrogen-bond donors (Lipinski definition) is 1. The van der Waals surface area contributed by atoms with Crippen LogP contribution in [0.5, 0.6) is 0 Å². The van der Waals surface area contributed by atoms with E-state index in [4.69, 9.17) is 21.8 Å². The molecule has 0 amide bonds. The minimum Gasteiger partial charge on any atom is -0.308 e. The fourth-order valence-corrected chi connectivity index (χ4v) is 4.27. The highest BCUT2D eigenvalue weighted by molar-refractivity contribution is 6.31. The van der Waals surface area contributed by atoms with Crippen LogP contribution in [0.15, 0.2) is 54.6 Å². The molecule has 0 spiro atoms. The Hall–Kier alpha value is -2.17. The van der Waals surface area contributed by atoms with Crippen LogP contribution in [0.25, 0.3) is 11.3 Å². The molecule has 5 heteroatoms. The molecule has 1 aliphatic carbocycles. The van der Waals surface area contributed by atoms with Crippen molar-refractivity contribution in [3.63, 3.8) is 0 Å². The number of nitrogens with one attached hydrogen (secondary N) is 1. The minimum absolute atomic E-state index is 0.572. The highest BCUT2D eigenvalue weighted by Gasteiger charge is 2.17. The molecule has 1 N–H and O–H groups in total. The molecule has 1 fully saturated rings. The normalized spacial score (nSPS) is 15.8. The molecule has 29 heavy (non-hydrogen) atoms. The Balaban J connectivity index is 1.54. The summed E-state index contributed by atoms with van der Waals surface area (Å²) in [6, 6.07) is 18.8. The summed E-state index contributed by atoms with van der Waals surface area (Å²) in [7, 11) is 0. The van der Waals surface area contributed by atoms with E-state index >= 15 is 0 Å². The van der Waals surface area contributed by atoms with Crippen molar-refractivity contribution < 1.29 is 0 Å². The smallest absolute Gasteiger partial charge is 0.117 e. The summed E-state index contributed by atoms with van der Waals surface area (Å²) in [5.74, 6) is 0. The average molecular weight is 409 g/mol. The Morgan fingerprint density at radius 2 is 1.55 bits per heavy atom. The number of nitrogens with zero attached hydrogens (tertiary/aromatic N) is 3. The zero-order valence-corrected chi connectivity index (χ0v) is 17.6. The number of aromatic nitrogens is 3. The van der Waals surface area contributed by atoms with Gasteiger partial charge >= 0.3 is 0 Å². The summed E-state index contributed by atoms with van der Waals surface area (Å²) in [6.07, 6.45) is 9.28. The fraction of sp³-hybridized carbons (Fsp3) is 0.417. The molecule has 1 aromatic heterocycles. The third-order valence-corrected chi connectivity index (χ3v) is 6.07. The summed E-state index contributed by atoms with van der Waals surface area (Å²) >= 11 is 6.35. The number of rotatable bonds is 6. The van der Waals surface area contributed by atoms with Crippen LogP contribution in [0.3, 0.4) is 0 Å². The zero-order valence-electron chi connectivity index (χ0n) is 16.9. The second kappa shape index (κ2) is 10.0. The van der Waals surface area contributed by atoms with Gasteiger partial charge in [-0.3, -0.25) is 0 Å². The first-order valence-electron chi connectivity index (χ1n) is 10.8. The van der Waals surface area contributed by atoms with E-state index in [0.29, 0.717) is 12.6 Å². The van der Waals surface area contributed by atoms with E-state index in [1.54, 1.807) is 4.80 Å². The van der Waals surface area contributed by atoms with Gasteiger partial charge in [0.15, 0.2) is 0 Å². The van der Waals surface area contributed by atoms with Gasteiger partial charge in [0.05, 0.1) is 6.54 Å². The first kappa shape index (κ1) is 20.1. The molecule has 3 aromatic rings. The monoisotopic (exact) mass is 408 g/mol. The number of halogens is 1. The molecule has 0 bridgehead atoms. The highest BCUT2D eigenvalue weighted by Crippen LogP contribution is 2.23. The van der Waals surface area contributed by atoms with Gasteiger partial charge in [-0.05, 0) is 24.5 Å². The van der Waals surface area contributed by atoms with Crippen LogP contribution >= 0.6 is 11.6 Å². The molecule has 0 aliphatic heterocycles. The van der Waals surface area contributed by atoms with Gasteiger partial charge in [-0.25, -0.2) is 0 Å². The molecule has 1 aliphatic rings. The molecule has 2 aromatic carbocycles. The molecule has 4 rings (SSSR count). The third kappa shape index (κ3) is 5.46. The Kier molecular flexibility index (Phi) is 6.96. The lowest BCUT2D eigenvalue weighted by molar-refractivity contribution is 0.387. The van der Waals surface area contributed by atoms with E-state index < -0.39 is 0 Å². The Labute approximate surface area is 178 Å². The maximum atomic E-state index is 6.35. The van der Waals surface area contributed by atoms with E-state index in [-0.39, 0.29) is 0 Å². The van der Waals surface area contributed by atoms with Crippen molar-refractivity contribution in [3.8, 4) is 11.3 Å². The largest absolute Gasteiger partial charge is 0.308 e. The van der Waals surface area contributed by atoms with Crippen molar-refractivity contribution in [2.45, 2.75) is 64.1 Å². The lowest BCUT2D eigenvalue weighted by Crippen LogP contribution is -2.29. The van der Waals surface area contributed by atoms with Gasteiger partial charge in [-0.1, -0.05) is 92.2 Å². The summed E-state index contributed by atoms with van der Waals surface area (Å²) in [5, 5.41) is 14.2. The van der Waals surface area contributed by atoms with Gasteiger partial charge in [0.25, 0.3) is 0 Å². The van der Waals surface area contributed by atoms with Gasteiger partial charge in [0, 0.05) is 23.2 Å². The minimum atomic E-state index is 0.572. The average Bonchev–Trinajstić information content (AvgIpc) is 3.12. The first-order chi connectivity index (χ1) is 14.3. The van der Waals surface area contributed by atoms with Crippen LogP contribution in [0.4, 0.5) is 0 Å². The van der Waals surface area contributed by atoms with Crippen molar-refractivity contribution >= 4 is 11.6 Å². The Morgan fingerprint density at radius 1 is 0.862 bits per heavy atom. The van der Waals surface area contributed by atoms with Gasteiger partial charge in [0.1, 0.15) is 11.4 Å². The molecule has 0 atom stereocenters. The molecular weight excluding hydrogens is 380 g/mol. The van der Waals surface area contributed by atoms with Crippen LogP contribution in [0.2, 0.25) is 5.02 Å². The molecule has 0 unspecified atom stereocenters. The molecule has 1 heterocycles. The van der Waals surface area contributed by atoms with Crippen molar-refractivity contribution in [1.82, 2.24) is 20.3 Å². The zero-order chi connectivity index (χ0) is 19.9. The quantitative estimate of drug-likeness (QED) is 0.556. The molecule has 0 saturated heterocycles. The first-order valence-corrected chi connectivity index (χ1v) is 11.1. The topological polar surface area (TPSA) is 42.7 Å². The Morgan fingerprint density at radius 3 is 2.31 bits per heavy atom. The van der Waals surface area contributed by atoms with Crippen molar-refractivity contribution in [3.05, 3.63) is 70.9 Å². The highest BCUT2D eigenvalue weighted by atomic mass is 35.5. The van der Waals surface area contributed by atoms with Crippen molar-refractivity contribution in [2.24, 2.45) is 0 Å². The molecule has 1 saturated carbocycles. The molecule has 0 radical (unpaired) electrons. The van der Waals surface area contributed by atoms with Crippen LogP contribution < -0.4 is 5.32 Å². The van der Waals surface area contributed by atoms with Crippen LogP contribution in [0.1, 0.15) is 56.2 Å².